The number of rotatable bonds is 5. The highest BCUT2D eigenvalue weighted by molar-refractivity contribution is 5.85. The van der Waals surface area contributed by atoms with E-state index in [0.717, 1.165) is 17.2 Å². The number of benzene rings is 1. The second-order valence-electron chi connectivity index (χ2n) is 4.88. The number of nitrogens with one attached hydrogen (secondary N) is 1. The first-order chi connectivity index (χ1) is 9.38. The monoisotopic (exact) mass is 276 g/mol. The number of urea groups is 1. The predicted molar refractivity (Wildman–Crippen MR) is 78.2 cm³/mol. The van der Waals surface area contributed by atoms with Gasteiger partial charge in [-0.15, -0.1) is 0 Å². The maximum atomic E-state index is 11.8. The van der Waals surface area contributed by atoms with E-state index in [1.165, 1.54) is 6.08 Å². The lowest BCUT2D eigenvalue weighted by atomic mass is 10.1. The average Bonchev–Trinajstić information content (AvgIpc) is 2.36. The Hall–Kier alpha value is -2.30. The van der Waals surface area contributed by atoms with E-state index < -0.39 is 5.97 Å². The number of carboxylic acid groups (broad SMARTS) is 1. The molecule has 0 radical (unpaired) electrons. The van der Waals surface area contributed by atoms with Crippen LogP contribution in [0.2, 0.25) is 0 Å². The van der Waals surface area contributed by atoms with Crippen molar-refractivity contribution in [2.45, 2.75) is 26.4 Å². The van der Waals surface area contributed by atoms with Crippen molar-refractivity contribution in [2.24, 2.45) is 0 Å². The fourth-order valence-corrected chi connectivity index (χ4v) is 1.67. The van der Waals surface area contributed by atoms with Gasteiger partial charge in [-0.2, -0.15) is 0 Å². The molecule has 0 heterocycles. The van der Waals surface area contributed by atoms with Crippen molar-refractivity contribution < 1.29 is 14.7 Å². The van der Waals surface area contributed by atoms with Gasteiger partial charge in [0.05, 0.1) is 0 Å². The van der Waals surface area contributed by atoms with Crippen LogP contribution in [-0.2, 0) is 11.3 Å². The fourth-order valence-electron chi connectivity index (χ4n) is 1.67. The van der Waals surface area contributed by atoms with E-state index in [-0.39, 0.29) is 12.1 Å². The number of aliphatic carboxylic acids is 1. The van der Waals surface area contributed by atoms with Crippen molar-refractivity contribution in [1.29, 1.82) is 0 Å². The Kier molecular flexibility index (Phi) is 5.77. The fraction of sp³-hybridized carbons (Fsp3) is 0.333. The lowest BCUT2D eigenvalue weighted by Gasteiger charge is -2.19. The van der Waals surface area contributed by atoms with Crippen LogP contribution in [0.15, 0.2) is 30.3 Å². The van der Waals surface area contributed by atoms with Gasteiger partial charge in [-0.1, -0.05) is 18.2 Å². The van der Waals surface area contributed by atoms with Gasteiger partial charge < -0.3 is 15.3 Å². The zero-order valence-corrected chi connectivity index (χ0v) is 12.0. The van der Waals surface area contributed by atoms with E-state index in [1.807, 2.05) is 38.1 Å². The number of carbonyl (C=O) groups excluding carboxylic acids is 1. The van der Waals surface area contributed by atoms with Crippen molar-refractivity contribution in [3.05, 3.63) is 41.5 Å². The molecule has 20 heavy (non-hydrogen) atoms. The molecular formula is C15H20N2O3. The predicted octanol–water partition coefficient (Wildman–Crippen LogP) is 2.33. The topological polar surface area (TPSA) is 69.6 Å². The lowest BCUT2D eigenvalue weighted by molar-refractivity contribution is -0.131. The highest BCUT2D eigenvalue weighted by Gasteiger charge is 2.09. The van der Waals surface area contributed by atoms with Gasteiger partial charge in [0.1, 0.15) is 0 Å². The molecule has 0 fully saturated rings. The highest BCUT2D eigenvalue weighted by atomic mass is 16.4. The molecule has 0 aliphatic rings. The Morgan fingerprint density at radius 3 is 2.70 bits per heavy atom. The molecule has 2 amide bonds. The second kappa shape index (κ2) is 7.33. The summed E-state index contributed by atoms with van der Waals surface area (Å²) in [6, 6.07) is 7.37. The molecule has 0 atom stereocenters. The summed E-state index contributed by atoms with van der Waals surface area (Å²) >= 11 is 0. The number of carbonyl (C=O) groups is 2. The van der Waals surface area contributed by atoms with Gasteiger partial charge in [-0.05, 0) is 37.1 Å². The van der Waals surface area contributed by atoms with Crippen molar-refractivity contribution in [3.8, 4) is 0 Å². The quantitative estimate of drug-likeness (QED) is 0.811. The van der Waals surface area contributed by atoms with Crippen LogP contribution < -0.4 is 5.32 Å². The first-order valence-corrected chi connectivity index (χ1v) is 6.40. The third-order valence-electron chi connectivity index (χ3n) is 2.55. The molecule has 0 spiro atoms. The minimum absolute atomic E-state index is 0.0924. The molecule has 0 saturated heterocycles. The molecule has 0 saturated carbocycles. The second-order valence-corrected chi connectivity index (χ2v) is 4.88. The molecule has 5 heteroatoms. The highest BCUT2D eigenvalue weighted by Crippen LogP contribution is 2.09. The van der Waals surface area contributed by atoms with E-state index in [2.05, 4.69) is 5.32 Å². The zero-order valence-electron chi connectivity index (χ0n) is 12.0. The summed E-state index contributed by atoms with van der Waals surface area (Å²) in [6.45, 7) is 4.28. The molecule has 5 nitrogen and oxygen atoms in total. The Morgan fingerprint density at radius 1 is 1.40 bits per heavy atom. The molecule has 108 valence electrons. The van der Waals surface area contributed by atoms with Crippen LogP contribution in [-0.4, -0.2) is 35.1 Å². The van der Waals surface area contributed by atoms with Crippen LogP contribution in [0.5, 0.6) is 0 Å². The summed E-state index contributed by atoms with van der Waals surface area (Å²) in [5.41, 5.74) is 1.74. The van der Waals surface area contributed by atoms with E-state index in [0.29, 0.717) is 6.54 Å². The normalized spacial score (nSPS) is 10.8. The molecule has 0 unspecified atom stereocenters. The van der Waals surface area contributed by atoms with Gasteiger partial charge in [-0.25, -0.2) is 9.59 Å². The molecule has 0 bridgehead atoms. The van der Waals surface area contributed by atoms with Gasteiger partial charge in [0, 0.05) is 25.7 Å². The van der Waals surface area contributed by atoms with Crippen molar-refractivity contribution in [1.82, 2.24) is 10.2 Å². The van der Waals surface area contributed by atoms with Gasteiger partial charge >= 0.3 is 12.0 Å². The summed E-state index contributed by atoms with van der Waals surface area (Å²) in [5, 5.41) is 11.4. The summed E-state index contributed by atoms with van der Waals surface area (Å²) in [6.07, 6.45) is 2.62. The van der Waals surface area contributed by atoms with Crippen LogP contribution in [0, 0.1) is 0 Å². The Morgan fingerprint density at radius 2 is 2.10 bits per heavy atom. The number of hydrogen-bond acceptors (Lipinski definition) is 2. The molecule has 0 aliphatic carbocycles. The molecule has 1 rings (SSSR count). The van der Waals surface area contributed by atoms with Gasteiger partial charge in [0.2, 0.25) is 0 Å². The summed E-state index contributed by atoms with van der Waals surface area (Å²) in [4.78, 5) is 23.8. The Balaban J connectivity index is 2.70. The van der Waals surface area contributed by atoms with Crippen molar-refractivity contribution >= 4 is 18.1 Å². The smallest absolute Gasteiger partial charge is 0.328 e. The van der Waals surface area contributed by atoms with Crippen molar-refractivity contribution in [3.63, 3.8) is 0 Å². The minimum atomic E-state index is -0.983. The maximum absolute atomic E-state index is 11.8. The molecule has 1 aromatic carbocycles. The zero-order chi connectivity index (χ0) is 15.1. The lowest BCUT2D eigenvalue weighted by Crippen LogP contribution is -2.40. The van der Waals surface area contributed by atoms with Crippen LogP contribution in [0.25, 0.3) is 6.08 Å². The summed E-state index contributed by atoms with van der Waals surface area (Å²) < 4.78 is 0. The number of nitrogens with zero attached hydrogens (tertiary/aromatic N) is 1. The largest absolute Gasteiger partial charge is 0.478 e. The van der Waals surface area contributed by atoms with Crippen molar-refractivity contribution in [2.75, 3.05) is 7.05 Å². The molecule has 1 aromatic rings. The van der Waals surface area contributed by atoms with Crippen LogP contribution in [0.3, 0.4) is 0 Å². The van der Waals surface area contributed by atoms with Crippen LogP contribution >= 0.6 is 0 Å². The molecule has 0 aromatic heterocycles. The maximum Gasteiger partial charge on any atom is 0.328 e. The molecule has 2 N–H and O–H groups in total. The average molecular weight is 276 g/mol. The van der Waals surface area contributed by atoms with Gasteiger partial charge in [0.15, 0.2) is 0 Å². The van der Waals surface area contributed by atoms with E-state index >= 15 is 0 Å². The first kappa shape index (κ1) is 15.8. The van der Waals surface area contributed by atoms with Crippen LogP contribution in [0.1, 0.15) is 25.0 Å². The third kappa shape index (κ3) is 5.56. The summed E-state index contributed by atoms with van der Waals surface area (Å²) in [5.74, 6) is -0.983. The van der Waals surface area contributed by atoms with E-state index in [4.69, 9.17) is 5.11 Å². The Labute approximate surface area is 118 Å². The number of carboxylic acids is 1. The van der Waals surface area contributed by atoms with E-state index in [9.17, 15) is 9.59 Å². The minimum Gasteiger partial charge on any atom is -0.478 e. The first-order valence-electron chi connectivity index (χ1n) is 6.40. The molecular weight excluding hydrogens is 256 g/mol. The van der Waals surface area contributed by atoms with Gasteiger partial charge in [-0.3, -0.25) is 0 Å². The van der Waals surface area contributed by atoms with Crippen LogP contribution in [0.4, 0.5) is 4.79 Å². The third-order valence-corrected chi connectivity index (χ3v) is 2.55. The van der Waals surface area contributed by atoms with E-state index in [1.54, 1.807) is 11.9 Å². The Bertz CT molecular complexity index is 510. The van der Waals surface area contributed by atoms with Gasteiger partial charge in [0.25, 0.3) is 0 Å². The molecule has 0 aliphatic heterocycles. The number of hydrogen-bond donors (Lipinski definition) is 2. The standard InChI is InChI=1S/C15H20N2O3/c1-11(2)16-15(20)17(3)10-13-6-4-5-12(9-13)7-8-14(18)19/h4-9,11H,10H2,1-3H3,(H,16,20)(H,18,19). The number of amides is 2. The summed E-state index contributed by atoms with van der Waals surface area (Å²) in [7, 11) is 1.72. The SMILES string of the molecule is CC(C)NC(=O)N(C)Cc1cccc(C=CC(=O)O)c1.